The zero-order valence-electron chi connectivity index (χ0n) is 5.63. The molecule has 4 nitrogen and oxygen atoms in total. The Morgan fingerprint density at radius 2 is 2.45 bits per heavy atom. The van der Waals surface area contributed by atoms with E-state index in [4.69, 9.17) is 17.3 Å². The van der Waals surface area contributed by atoms with Gasteiger partial charge in [-0.1, -0.05) is 22.9 Å². The predicted molar refractivity (Wildman–Crippen MR) is 42.9 cm³/mol. The summed E-state index contributed by atoms with van der Waals surface area (Å²) >= 11 is 6.64. The lowest BCUT2D eigenvalue weighted by atomic mass is 10.5. The molecule has 1 rings (SSSR count). The molecule has 0 atom stereocenters. The molecule has 0 radical (unpaired) electrons. The SMILES string of the molecule is COC(=O)c1nc(N)sc1Cl. The molecule has 11 heavy (non-hydrogen) atoms. The monoisotopic (exact) mass is 192 g/mol. The molecule has 0 aliphatic carbocycles. The van der Waals surface area contributed by atoms with Gasteiger partial charge in [0.25, 0.3) is 0 Å². The van der Waals surface area contributed by atoms with Gasteiger partial charge in [-0.15, -0.1) is 0 Å². The maximum atomic E-state index is 10.8. The van der Waals surface area contributed by atoms with Crippen LogP contribution >= 0.6 is 22.9 Å². The molecule has 1 heterocycles. The number of aromatic nitrogens is 1. The van der Waals surface area contributed by atoms with Crippen molar-refractivity contribution in [1.82, 2.24) is 4.98 Å². The Morgan fingerprint density at radius 1 is 1.82 bits per heavy atom. The summed E-state index contributed by atoms with van der Waals surface area (Å²) in [5.74, 6) is -0.567. The van der Waals surface area contributed by atoms with Gasteiger partial charge in [-0.3, -0.25) is 0 Å². The smallest absolute Gasteiger partial charge is 0.359 e. The topological polar surface area (TPSA) is 65.2 Å². The van der Waals surface area contributed by atoms with E-state index in [9.17, 15) is 4.79 Å². The lowest BCUT2D eigenvalue weighted by molar-refractivity contribution is 0.0595. The first kappa shape index (κ1) is 8.29. The van der Waals surface area contributed by atoms with E-state index in [1.165, 1.54) is 7.11 Å². The van der Waals surface area contributed by atoms with Crippen molar-refractivity contribution in [3.05, 3.63) is 10.0 Å². The number of hydrogen-bond acceptors (Lipinski definition) is 5. The summed E-state index contributed by atoms with van der Waals surface area (Å²) in [6, 6.07) is 0. The molecule has 6 heteroatoms. The first-order valence-electron chi connectivity index (χ1n) is 2.65. The number of nitrogens with two attached hydrogens (primary N) is 1. The second kappa shape index (κ2) is 3.06. The van der Waals surface area contributed by atoms with E-state index in [1.807, 2.05) is 0 Å². The molecule has 0 fully saturated rings. The number of methoxy groups -OCH3 is 1. The van der Waals surface area contributed by atoms with E-state index in [0.29, 0.717) is 0 Å². The fourth-order valence-corrected chi connectivity index (χ4v) is 1.44. The number of anilines is 1. The molecule has 0 aliphatic heterocycles. The van der Waals surface area contributed by atoms with Gasteiger partial charge in [0.2, 0.25) is 0 Å². The van der Waals surface area contributed by atoms with Crippen LogP contribution in [0.2, 0.25) is 4.34 Å². The Balaban J connectivity index is 3.03. The van der Waals surface area contributed by atoms with E-state index in [-0.39, 0.29) is 15.2 Å². The van der Waals surface area contributed by atoms with Crippen molar-refractivity contribution >= 4 is 34.0 Å². The Bertz CT molecular complexity index is 286. The molecule has 2 N–H and O–H groups in total. The lowest BCUT2D eigenvalue weighted by Crippen LogP contribution is -2.02. The number of nitrogen functional groups attached to an aromatic ring is 1. The standard InChI is InChI=1S/C5H5ClN2O2S/c1-10-4(9)2-3(6)11-5(7)8-2/h1H3,(H2,7,8). The zero-order valence-corrected chi connectivity index (χ0v) is 7.20. The fourth-order valence-electron chi connectivity index (χ4n) is 0.540. The van der Waals surface area contributed by atoms with Gasteiger partial charge in [0.1, 0.15) is 4.34 Å². The molecule has 0 amide bonds. The number of esters is 1. The van der Waals surface area contributed by atoms with E-state index in [1.54, 1.807) is 0 Å². The number of thiazole rings is 1. The van der Waals surface area contributed by atoms with Gasteiger partial charge in [-0.2, -0.15) is 0 Å². The van der Waals surface area contributed by atoms with Crippen molar-refractivity contribution in [2.24, 2.45) is 0 Å². The van der Waals surface area contributed by atoms with Crippen LogP contribution in [-0.4, -0.2) is 18.1 Å². The Kier molecular flexibility index (Phi) is 2.31. The van der Waals surface area contributed by atoms with Crippen molar-refractivity contribution in [3.8, 4) is 0 Å². The lowest BCUT2D eigenvalue weighted by Gasteiger charge is -1.91. The quantitative estimate of drug-likeness (QED) is 0.679. The van der Waals surface area contributed by atoms with Crippen LogP contribution in [0.25, 0.3) is 0 Å². The van der Waals surface area contributed by atoms with Crippen LogP contribution in [0.1, 0.15) is 10.5 Å². The van der Waals surface area contributed by atoms with Crippen LogP contribution in [0.5, 0.6) is 0 Å². The minimum absolute atomic E-state index is 0.0802. The van der Waals surface area contributed by atoms with E-state index in [2.05, 4.69) is 9.72 Å². The maximum absolute atomic E-state index is 10.8. The molecule has 1 aromatic heterocycles. The molecule has 0 aliphatic rings. The van der Waals surface area contributed by atoms with E-state index >= 15 is 0 Å². The molecule has 60 valence electrons. The highest BCUT2D eigenvalue weighted by molar-refractivity contribution is 7.19. The Morgan fingerprint density at radius 3 is 2.82 bits per heavy atom. The number of hydrogen-bond donors (Lipinski definition) is 1. The van der Waals surface area contributed by atoms with E-state index < -0.39 is 5.97 Å². The highest BCUT2D eigenvalue weighted by Gasteiger charge is 2.15. The molecule has 0 saturated carbocycles. The highest BCUT2D eigenvalue weighted by Crippen LogP contribution is 2.25. The number of nitrogens with zero attached hydrogens (tertiary/aromatic N) is 1. The minimum Gasteiger partial charge on any atom is -0.464 e. The van der Waals surface area contributed by atoms with Crippen molar-refractivity contribution in [3.63, 3.8) is 0 Å². The summed E-state index contributed by atoms with van der Waals surface area (Å²) in [4.78, 5) is 14.5. The van der Waals surface area contributed by atoms with Crippen LogP contribution in [0.15, 0.2) is 0 Å². The normalized spacial score (nSPS) is 9.64. The first-order chi connectivity index (χ1) is 5.15. The molecular formula is C5H5ClN2O2S. The van der Waals surface area contributed by atoms with Gasteiger partial charge in [-0.25, -0.2) is 9.78 Å². The molecule has 0 unspecified atom stereocenters. The van der Waals surface area contributed by atoms with Gasteiger partial charge >= 0.3 is 5.97 Å². The molecule has 0 saturated heterocycles. The van der Waals surface area contributed by atoms with Gasteiger partial charge in [0.05, 0.1) is 7.11 Å². The maximum Gasteiger partial charge on any atom is 0.359 e. The average Bonchev–Trinajstić information content (AvgIpc) is 2.28. The molecule has 0 spiro atoms. The Labute approximate surface area is 71.9 Å². The molecular weight excluding hydrogens is 188 g/mol. The summed E-state index contributed by atoms with van der Waals surface area (Å²) in [5, 5.41) is 0.260. The predicted octanol–water partition coefficient (Wildman–Crippen LogP) is 1.17. The minimum atomic E-state index is -0.567. The van der Waals surface area contributed by atoms with Gasteiger partial charge in [0, 0.05) is 0 Å². The van der Waals surface area contributed by atoms with Crippen LogP contribution in [0.4, 0.5) is 5.13 Å². The van der Waals surface area contributed by atoms with Crippen molar-refractivity contribution < 1.29 is 9.53 Å². The van der Waals surface area contributed by atoms with Crippen molar-refractivity contribution in [2.45, 2.75) is 0 Å². The molecule has 1 aromatic rings. The third-order valence-electron chi connectivity index (χ3n) is 0.981. The number of rotatable bonds is 1. The van der Waals surface area contributed by atoms with Gasteiger partial charge in [0.15, 0.2) is 10.8 Å². The second-order valence-corrected chi connectivity index (χ2v) is 3.30. The van der Waals surface area contributed by atoms with Crippen LogP contribution in [0.3, 0.4) is 0 Å². The first-order valence-corrected chi connectivity index (χ1v) is 3.84. The molecule has 0 bridgehead atoms. The number of carbonyl (C=O) groups is 1. The number of halogens is 1. The highest BCUT2D eigenvalue weighted by atomic mass is 35.5. The van der Waals surface area contributed by atoms with E-state index in [0.717, 1.165) is 11.3 Å². The number of ether oxygens (including phenoxy) is 1. The third-order valence-corrected chi connectivity index (χ3v) is 2.06. The summed E-state index contributed by atoms with van der Waals surface area (Å²) in [5.41, 5.74) is 5.37. The summed E-state index contributed by atoms with van der Waals surface area (Å²) in [6.45, 7) is 0. The Hall–Kier alpha value is -0.810. The fraction of sp³-hybridized carbons (Fsp3) is 0.200. The largest absolute Gasteiger partial charge is 0.464 e. The van der Waals surface area contributed by atoms with Crippen LogP contribution < -0.4 is 5.73 Å². The summed E-state index contributed by atoms with van der Waals surface area (Å²) in [6.07, 6.45) is 0. The third kappa shape index (κ3) is 1.61. The van der Waals surface area contributed by atoms with Crippen molar-refractivity contribution in [1.29, 1.82) is 0 Å². The average molecular weight is 193 g/mol. The molecule has 0 aromatic carbocycles. The number of carbonyl (C=O) groups excluding carboxylic acids is 1. The summed E-state index contributed by atoms with van der Waals surface area (Å²) in [7, 11) is 1.26. The second-order valence-electron chi connectivity index (χ2n) is 1.67. The van der Waals surface area contributed by atoms with Crippen molar-refractivity contribution in [2.75, 3.05) is 12.8 Å². The zero-order chi connectivity index (χ0) is 8.43. The van der Waals surface area contributed by atoms with Gasteiger partial charge < -0.3 is 10.5 Å². The van der Waals surface area contributed by atoms with Crippen LogP contribution in [-0.2, 0) is 4.74 Å². The van der Waals surface area contributed by atoms with Crippen LogP contribution in [0, 0.1) is 0 Å². The summed E-state index contributed by atoms with van der Waals surface area (Å²) < 4.78 is 4.65. The van der Waals surface area contributed by atoms with Gasteiger partial charge in [-0.05, 0) is 0 Å².